The summed E-state index contributed by atoms with van der Waals surface area (Å²) in [7, 11) is 1.52. The first-order valence-corrected chi connectivity index (χ1v) is 7.36. The number of esters is 1. The van der Waals surface area contributed by atoms with Gasteiger partial charge < -0.3 is 9.47 Å². The summed E-state index contributed by atoms with van der Waals surface area (Å²) in [4.78, 5) is 23.8. The predicted octanol–water partition coefficient (Wildman–Crippen LogP) is 3.66. The van der Waals surface area contributed by atoms with Crippen LogP contribution in [0.3, 0.4) is 0 Å². The van der Waals surface area contributed by atoms with Crippen molar-refractivity contribution in [2.24, 2.45) is 0 Å². The molecule has 23 heavy (non-hydrogen) atoms. The largest absolute Gasteiger partial charge is 0.497 e. The van der Waals surface area contributed by atoms with Gasteiger partial charge in [0.2, 0.25) is 0 Å². The van der Waals surface area contributed by atoms with E-state index in [1.165, 1.54) is 19.6 Å². The molecule has 4 nitrogen and oxygen atoms in total. The summed E-state index contributed by atoms with van der Waals surface area (Å²) in [5, 5.41) is 0. The van der Waals surface area contributed by atoms with Gasteiger partial charge in [-0.3, -0.25) is 9.59 Å². The van der Waals surface area contributed by atoms with Crippen LogP contribution in [0.2, 0.25) is 0 Å². The smallest absolute Gasteiger partial charge is 0.315 e. The predicted molar refractivity (Wildman–Crippen MR) is 88.3 cm³/mol. The Hall–Kier alpha value is -2.62. The topological polar surface area (TPSA) is 52.6 Å². The molecule has 2 aromatic carbocycles. The zero-order valence-corrected chi connectivity index (χ0v) is 13.8. The summed E-state index contributed by atoms with van der Waals surface area (Å²) in [6, 6.07) is 10.7. The Balaban J connectivity index is 2.19. The molecular formula is C19H20O4. The highest BCUT2D eigenvalue weighted by molar-refractivity contribution is 5.97. The molecule has 0 fully saturated rings. The number of carbonyl (C=O) groups is 2. The van der Waals surface area contributed by atoms with Crippen molar-refractivity contribution in [2.75, 3.05) is 7.11 Å². The summed E-state index contributed by atoms with van der Waals surface area (Å²) in [5.74, 6) is 0.181. The Morgan fingerprint density at radius 2 is 1.74 bits per heavy atom. The number of hydrogen-bond acceptors (Lipinski definition) is 4. The second kappa shape index (κ2) is 7.09. The van der Waals surface area contributed by atoms with Gasteiger partial charge in [0.25, 0.3) is 0 Å². The minimum atomic E-state index is -0.413. The fourth-order valence-corrected chi connectivity index (χ4v) is 2.24. The van der Waals surface area contributed by atoms with Crippen LogP contribution in [0.5, 0.6) is 11.5 Å². The van der Waals surface area contributed by atoms with Gasteiger partial charge >= 0.3 is 5.97 Å². The molecule has 0 saturated heterocycles. The monoisotopic (exact) mass is 312 g/mol. The molecule has 0 N–H and O–H groups in total. The van der Waals surface area contributed by atoms with Gasteiger partial charge in [-0.25, -0.2) is 0 Å². The Morgan fingerprint density at radius 1 is 1.00 bits per heavy atom. The summed E-state index contributed by atoms with van der Waals surface area (Å²) < 4.78 is 10.5. The Morgan fingerprint density at radius 3 is 2.35 bits per heavy atom. The van der Waals surface area contributed by atoms with Gasteiger partial charge in [-0.05, 0) is 49.6 Å². The molecule has 2 rings (SSSR count). The summed E-state index contributed by atoms with van der Waals surface area (Å²) in [5.41, 5.74) is 3.54. The molecular weight excluding hydrogens is 292 g/mol. The Kier molecular flexibility index (Phi) is 5.16. The van der Waals surface area contributed by atoms with Crippen LogP contribution in [0.15, 0.2) is 36.4 Å². The first kappa shape index (κ1) is 16.7. The van der Waals surface area contributed by atoms with Gasteiger partial charge in [-0.15, -0.1) is 0 Å². The molecule has 0 radical (unpaired) electrons. The van der Waals surface area contributed by atoms with Crippen molar-refractivity contribution in [1.82, 2.24) is 0 Å². The number of ether oxygens (including phenoxy) is 2. The van der Waals surface area contributed by atoms with Crippen LogP contribution in [0.1, 0.15) is 34.0 Å². The molecule has 0 atom stereocenters. The molecule has 0 saturated carbocycles. The van der Waals surface area contributed by atoms with Crippen molar-refractivity contribution >= 4 is 11.8 Å². The number of hydrogen-bond donors (Lipinski definition) is 0. The van der Waals surface area contributed by atoms with Gasteiger partial charge in [0.1, 0.15) is 11.5 Å². The van der Waals surface area contributed by atoms with Crippen molar-refractivity contribution in [3.8, 4) is 11.5 Å². The van der Waals surface area contributed by atoms with E-state index in [0.29, 0.717) is 11.3 Å². The number of rotatable bonds is 5. The van der Waals surface area contributed by atoms with E-state index in [1.54, 1.807) is 18.2 Å². The first-order valence-electron chi connectivity index (χ1n) is 7.36. The van der Waals surface area contributed by atoms with E-state index in [0.717, 1.165) is 11.1 Å². The molecule has 0 aromatic heterocycles. The standard InChI is InChI=1S/C19H20O4/c1-12-5-6-15(9-13(12)2)10-19(21)23-18-11-16(22-4)7-8-17(18)14(3)20/h5-9,11H,10H2,1-4H3. The molecule has 0 spiro atoms. The SMILES string of the molecule is COc1ccc(C(C)=O)c(OC(=O)Cc2ccc(C)c(C)c2)c1. The minimum Gasteiger partial charge on any atom is -0.497 e. The van der Waals surface area contributed by atoms with Crippen molar-refractivity contribution in [2.45, 2.75) is 27.2 Å². The third kappa shape index (κ3) is 4.19. The lowest BCUT2D eigenvalue weighted by atomic mass is 10.0. The van der Waals surface area contributed by atoms with Crippen molar-refractivity contribution < 1.29 is 19.1 Å². The number of methoxy groups -OCH3 is 1. The molecule has 0 aliphatic rings. The van der Waals surface area contributed by atoms with Crippen LogP contribution in [0, 0.1) is 13.8 Å². The lowest BCUT2D eigenvalue weighted by Gasteiger charge is -2.10. The third-order valence-electron chi connectivity index (χ3n) is 3.71. The van der Waals surface area contributed by atoms with E-state index in [9.17, 15) is 9.59 Å². The molecule has 0 aliphatic heterocycles. The number of Topliss-reactive ketones (excluding diaryl/α,β-unsaturated/α-hetero) is 1. The number of ketones is 1. The number of benzene rings is 2. The van der Waals surface area contributed by atoms with Crippen molar-refractivity contribution in [3.05, 3.63) is 58.7 Å². The maximum absolute atomic E-state index is 12.2. The highest BCUT2D eigenvalue weighted by Gasteiger charge is 2.14. The van der Waals surface area contributed by atoms with Crippen LogP contribution < -0.4 is 9.47 Å². The Bertz CT molecular complexity index is 747. The van der Waals surface area contributed by atoms with Crippen LogP contribution in [-0.4, -0.2) is 18.9 Å². The maximum atomic E-state index is 12.2. The van der Waals surface area contributed by atoms with Crippen molar-refractivity contribution in [1.29, 1.82) is 0 Å². The molecule has 0 heterocycles. The van der Waals surface area contributed by atoms with E-state index in [1.807, 2.05) is 32.0 Å². The maximum Gasteiger partial charge on any atom is 0.315 e. The van der Waals surface area contributed by atoms with Crippen LogP contribution in [-0.2, 0) is 11.2 Å². The quantitative estimate of drug-likeness (QED) is 0.480. The highest BCUT2D eigenvalue weighted by atomic mass is 16.5. The molecule has 4 heteroatoms. The van der Waals surface area contributed by atoms with E-state index < -0.39 is 5.97 Å². The first-order chi connectivity index (χ1) is 10.9. The zero-order valence-electron chi connectivity index (χ0n) is 13.8. The molecule has 0 bridgehead atoms. The summed E-state index contributed by atoms with van der Waals surface area (Å²) >= 11 is 0. The van der Waals surface area contributed by atoms with Gasteiger partial charge in [0.15, 0.2) is 5.78 Å². The molecule has 120 valence electrons. The zero-order chi connectivity index (χ0) is 17.0. The van der Waals surface area contributed by atoms with Crippen LogP contribution in [0.4, 0.5) is 0 Å². The summed E-state index contributed by atoms with van der Waals surface area (Å²) in [6.07, 6.45) is 0.148. The lowest BCUT2D eigenvalue weighted by Crippen LogP contribution is -2.13. The van der Waals surface area contributed by atoms with Crippen LogP contribution in [0.25, 0.3) is 0 Å². The second-order valence-corrected chi connectivity index (χ2v) is 5.49. The lowest BCUT2D eigenvalue weighted by molar-refractivity contribution is -0.133. The van der Waals surface area contributed by atoms with Gasteiger partial charge in [-0.1, -0.05) is 18.2 Å². The third-order valence-corrected chi connectivity index (χ3v) is 3.71. The minimum absolute atomic E-state index is 0.148. The van der Waals surface area contributed by atoms with E-state index in [4.69, 9.17) is 9.47 Å². The average Bonchev–Trinajstić information content (AvgIpc) is 2.50. The molecule has 0 aliphatic carbocycles. The van der Waals surface area contributed by atoms with E-state index in [-0.39, 0.29) is 18.0 Å². The second-order valence-electron chi connectivity index (χ2n) is 5.49. The fourth-order valence-electron chi connectivity index (χ4n) is 2.24. The molecule has 0 amide bonds. The normalized spacial score (nSPS) is 10.3. The highest BCUT2D eigenvalue weighted by Crippen LogP contribution is 2.25. The summed E-state index contributed by atoms with van der Waals surface area (Å²) in [6.45, 7) is 5.45. The van der Waals surface area contributed by atoms with Gasteiger partial charge in [0, 0.05) is 6.07 Å². The van der Waals surface area contributed by atoms with E-state index in [2.05, 4.69) is 0 Å². The molecule has 2 aromatic rings. The fraction of sp³-hybridized carbons (Fsp3) is 0.263. The Labute approximate surface area is 136 Å². The van der Waals surface area contributed by atoms with Gasteiger partial charge in [0.05, 0.1) is 19.1 Å². The van der Waals surface area contributed by atoms with Crippen molar-refractivity contribution in [3.63, 3.8) is 0 Å². The number of aryl methyl sites for hydroxylation is 2. The molecule has 0 unspecified atom stereocenters. The van der Waals surface area contributed by atoms with E-state index >= 15 is 0 Å². The number of carbonyl (C=O) groups excluding carboxylic acids is 2. The van der Waals surface area contributed by atoms with Crippen LogP contribution >= 0.6 is 0 Å². The van der Waals surface area contributed by atoms with Gasteiger partial charge in [-0.2, -0.15) is 0 Å². The average molecular weight is 312 g/mol.